The highest BCUT2D eigenvalue weighted by Crippen LogP contribution is 2.35. The molecule has 0 saturated carbocycles. The molecule has 0 atom stereocenters. The molecule has 1 rings (SSSR count). The Morgan fingerprint density at radius 1 is 1.25 bits per heavy atom. The Morgan fingerprint density at radius 3 is 2.12 bits per heavy atom. The van der Waals surface area contributed by atoms with Crippen LogP contribution in [0.4, 0.5) is 5.69 Å². The third-order valence-electron chi connectivity index (χ3n) is 2.24. The molecule has 0 aliphatic carbocycles. The lowest BCUT2D eigenvalue weighted by Crippen LogP contribution is -2.11. The lowest BCUT2D eigenvalue weighted by molar-refractivity contribution is -0.115. The van der Waals surface area contributed by atoms with Crippen molar-refractivity contribution in [3.05, 3.63) is 17.7 Å². The topological polar surface area (TPSA) is 47.6 Å². The largest absolute Gasteiger partial charge is 0.494 e. The summed E-state index contributed by atoms with van der Waals surface area (Å²) < 4.78 is 10.4. The van der Waals surface area contributed by atoms with Crippen LogP contribution < -0.4 is 14.8 Å². The van der Waals surface area contributed by atoms with Gasteiger partial charge in [0.1, 0.15) is 17.2 Å². The first-order valence-corrected chi connectivity index (χ1v) is 5.14. The van der Waals surface area contributed by atoms with Crippen LogP contribution in [0.15, 0.2) is 12.1 Å². The smallest absolute Gasteiger partial charge is 0.224 e. The van der Waals surface area contributed by atoms with Crippen LogP contribution in [-0.2, 0) is 4.79 Å². The summed E-state index contributed by atoms with van der Waals surface area (Å²) in [4.78, 5) is 11.4. The van der Waals surface area contributed by atoms with Gasteiger partial charge < -0.3 is 14.8 Å². The molecule has 0 aromatic heterocycles. The molecule has 4 heteroatoms. The number of aryl methyl sites for hydroxylation is 1. The fraction of sp³-hybridized carbons (Fsp3) is 0.417. The molecule has 0 radical (unpaired) electrons. The number of amides is 1. The summed E-state index contributed by atoms with van der Waals surface area (Å²) in [6.45, 7) is 3.74. The van der Waals surface area contributed by atoms with Crippen molar-refractivity contribution in [3.8, 4) is 11.5 Å². The van der Waals surface area contributed by atoms with E-state index in [1.807, 2.05) is 19.1 Å². The normalized spacial score (nSPS) is 9.75. The molecule has 16 heavy (non-hydrogen) atoms. The number of nitrogens with one attached hydrogen (secondary N) is 1. The number of hydrogen-bond donors (Lipinski definition) is 1. The van der Waals surface area contributed by atoms with E-state index in [4.69, 9.17) is 9.47 Å². The average Bonchev–Trinajstić information content (AvgIpc) is 2.30. The molecule has 0 aliphatic rings. The Balaban J connectivity index is 3.16. The van der Waals surface area contributed by atoms with E-state index < -0.39 is 0 Å². The lowest BCUT2D eigenvalue weighted by atomic mass is 10.2. The number of carbonyl (C=O) groups excluding carboxylic acids is 1. The van der Waals surface area contributed by atoms with Crippen molar-refractivity contribution in [2.24, 2.45) is 0 Å². The summed E-state index contributed by atoms with van der Waals surface area (Å²) in [5, 5.41) is 2.77. The van der Waals surface area contributed by atoms with Gasteiger partial charge in [0.15, 0.2) is 0 Å². The van der Waals surface area contributed by atoms with Crippen LogP contribution in [0.5, 0.6) is 11.5 Å². The molecule has 1 N–H and O–H groups in total. The minimum Gasteiger partial charge on any atom is -0.494 e. The lowest BCUT2D eigenvalue weighted by Gasteiger charge is -2.14. The van der Waals surface area contributed by atoms with Gasteiger partial charge in [0, 0.05) is 6.42 Å². The van der Waals surface area contributed by atoms with Crippen LogP contribution in [0.25, 0.3) is 0 Å². The predicted molar refractivity (Wildman–Crippen MR) is 63.2 cm³/mol. The monoisotopic (exact) mass is 223 g/mol. The number of hydrogen-bond acceptors (Lipinski definition) is 3. The molecule has 0 unspecified atom stereocenters. The van der Waals surface area contributed by atoms with Gasteiger partial charge in [-0.15, -0.1) is 0 Å². The van der Waals surface area contributed by atoms with Crippen molar-refractivity contribution < 1.29 is 14.3 Å². The van der Waals surface area contributed by atoms with Gasteiger partial charge in [0.2, 0.25) is 5.91 Å². The van der Waals surface area contributed by atoms with Gasteiger partial charge in [-0.25, -0.2) is 0 Å². The molecule has 0 saturated heterocycles. The maximum Gasteiger partial charge on any atom is 0.224 e. The SMILES string of the molecule is CCC(=O)Nc1c(OC)cc(C)cc1OC. The highest BCUT2D eigenvalue weighted by atomic mass is 16.5. The maximum absolute atomic E-state index is 11.4. The van der Waals surface area contributed by atoms with Crippen LogP contribution >= 0.6 is 0 Å². The van der Waals surface area contributed by atoms with Crippen LogP contribution in [-0.4, -0.2) is 20.1 Å². The molecule has 0 bridgehead atoms. The molecular weight excluding hydrogens is 206 g/mol. The molecule has 0 aliphatic heterocycles. The maximum atomic E-state index is 11.4. The number of rotatable bonds is 4. The first kappa shape index (κ1) is 12.4. The van der Waals surface area contributed by atoms with Crippen molar-refractivity contribution in [2.45, 2.75) is 20.3 Å². The molecule has 1 aromatic rings. The van der Waals surface area contributed by atoms with Crippen molar-refractivity contribution in [1.29, 1.82) is 0 Å². The zero-order valence-electron chi connectivity index (χ0n) is 10.1. The van der Waals surface area contributed by atoms with Gasteiger partial charge in [-0.05, 0) is 24.6 Å². The fourth-order valence-corrected chi connectivity index (χ4v) is 1.39. The standard InChI is InChI=1S/C12H17NO3/c1-5-11(14)13-12-9(15-3)6-8(2)7-10(12)16-4/h6-7H,5H2,1-4H3,(H,13,14). The highest BCUT2D eigenvalue weighted by molar-refractivity contribution is 5.94. The van der Waals surface area contributed by atoms with Crippen molar-refractivity contribution in [1.82, 2.24) is 0 Å². The van der Waals surface area contributed by atoms with Gasteiger partial charge in [-0.3, -0.25) is 4.79 Å². The van der Waals surface area contributed by atoms with Crippen molar-refractivity contribution in [2.75, 3.05) is 19.5 Å². The quantitative estimate of drug-likeness (QED) is 0.852. The Kier molecular flexibility index (Phi) is 4.17. The molecule has 0 fully saturated rings. The number of ether oxygens (including phenoxy) is 2. The summed E-state index contributed by atoms with van der Waals surface area (Å²) in [6, 6.07) is 3.71. The van der Waals surface area contributed by atoms with E-state index in [-0.39, 0.29) is 5.91 Å². The highest BCUT2D eigenvalue weighted by Gasteiger charge is 2.13. The third-order valence-corrected chi connectivity index (χ3v) is 2.24. The van der Waals surface area contributed by atoms with Gasteiger partial charge in [-0.1, -0.05) is 6.92 Å². The van der Waals surface area contributed by atoms with Crippen LogP contribution in [0.3, 0.4) is 0 Å². The minimum absolute atomic E-state index is 0.0690. The number of methoxy groups -OCH3 is 2. The zero-order valence-corrected chi connectivity index (χ0v) is 10.1. The van der Waals surface area contributed by atoms with Crippen LogP contribution in [0, 0.1) is 6.92 Å². The van der Waals surface area contributed by atoms with E-state index in [0.29, 0.717) is 23.6 Å². The van der Waals surface area contributed by atoms with Crippen molar-refractivity contribution in [3.63, 3.8) is 0 Å². The van der Waals surface area contributed by atoms with E-state index in [2.05, 4.69) is 5.32 Å². The Morgan fingerprint density at radius 2 is 1.75 bits per heavy atom. The molecule has 1 amide bonds. The Hall–Kier alpha value is -1.71. The van der Waals surface area contributed by atoms with E-state index in [1.54, 1.807) is 21.1 Å². The minimum atomic E-state index is -0.0690. The van der Waals surface area contributed by atoms with Crippen molar-refractivity contribution >= 4 is 11.6 Å². The average molecular weight is 223 g/mol. The summed E-state index contributed by atoms with van der Waals surface area (Å²) in [7, 11) is 3.13. The first-order valence-electron chi connectivity index (χ1n) is 5.14. The van der Waals surface area contributed by atoms with Gasteiger partial charge in [0.25, 0.3) is 0 Å². The van der Waals surface area contributed by atoms with Crippen LogP contribution in [0.1, 0.15) is 18.9 Å². The van der Waals surface area contributed by atoms with E-state index in [9.17, 15) is 4.79 Å². The predicted octanol–water partition coefficient (Wildman–Crippen LogP) is 2.36. The number of benzene rings is 1. The first-order chi connectivity index (χ1) is 7.62. The Bertz CT molecular complexity index is 363. The van der Waals surface area contributed by atoms with E-state index >= 15 is 0 Å². The summed E-state index contributed by atoms with van der Waals surface area (Å²) in [6.07, 6.45) is 0.417. The van der Waals surface area contributed by atoms with Gasteiger partial charge in [0.05, 0.1) is 14.2 Å². The summed E-state index contributed by atoms with van der Waals surface area (Å²) in [5.41, 5.74) is 1.60. The Labute approximate surface area is 95.6 Å². The molecule has 0 heterocycles. The molecule has 0 spiro atoms. The van der Waals surface area contributed by atoms with Crippen LogP contribution in [0.2, 0.25) is 0 Å². The zero-order chi connectivity index (χ0) is 12.1. The fourth-order valence-electron chi connectivity index (χ4n) is 1.39. The number of carbonyl (C=O) groups is 1. The summed E-state index contributed by atoms with van der Waals surface area (Å²) >= 11 is 0. The molecule has 88 valence electrons. The molecular formula is C12H17NO3. The number of anilines is 1. The van der Waals surface area contributed by atoms with E-state index in [0.717, 1.165) is 5.56 Å². The van der Waals surface area contributed by atoms with Gasteiger partial charge in [-0.2, -0.15) is 0 Å². The summed E-state index contributed by atoms with van der Waals surface area (Å²) in [5.74, 6) is 1.15. The van der Waals surface area contributed by atoms with E-state index in [1.165, 1.54) is 0 Å². The third kappa shape index (κ3) is 2.66. The van der Waals surface area contributed by atoms with Gasteiger partial charge >= 0.3 is 0 Å². The second kappa shape index (κ2) is 5.39. The second-order valence-corrected chi connectivity index (χ2v) is 3.45. The molecule has 4 nitrogen and oxygen atoms in total. The second-order valence-electron chi connectivity index (χ2n) is 3.45. The molecule has 1 aromatic carbocycles.